The van der Waals surface area contributed by atoms with Crippen molar-refractivity contribution in [3.05, 3.63) is 18.9 Å². The van der Waals surface area contributed by atoms with Crippen LogP contribution < -0.4 is 0 Å². The summed E-state index contributed by atoms with van der Waals surface area (Å²) < 4.78 is 3.85. The Hall–Kier alpha value is 0.01000. The lowest BCUT2D eigenvalue weighted by atomic mass is 10.5. The first kappa shape index (κ1) is 9.56. The standard InChI is InChI=1S/C7H6I2N4/c1-3-7-11-5(8)6(9)13(7)12-4(2)10-3/h1-2H3. The molecular weight excluding hydrogens is 394 g/mol. The molecule has 0 bridgehead atoms. The smallest absolute Gasteiger partial charge is 0.177 e. The highest BCUT2D eigenvalue weighted by atomic mass is 127. The van der Waals surface area contributed by atoms with Gasteiger partial charge in [-0.05, 0) is 59.0 Å². The van der Waals surface area contributed by atoms with Crippen LogP contribution in [0.25, 0.3) is 5.65 Å². The van der Waals surface area contributed by atoms with Crippen LogP contribution >= 0.6 is 45.2 Å². The van der Waals surface area contributed by atoms with E-state index in [1.165, 1.54) is 0 Å². The number of aromatic nitrogens is 4. The summed E-state index contributed by atoms with van der Waals surface area (Å²) in [4.78, 5) is 8.63. The van der Waals surface area contributed by atoms with E-state index in [2.05, 4.69) is 60.2 Å². The fourth-order valence-corrected chi connectivity index (χ4v) is 2.07. The van der Waals surface area contributed by atoms with Gasteiger partial charge in [0.15, 0.2) is 5.65 Å². The van der Waals surface area contributed by atoms with Gasteiger partial charge in [0.1, 0.15) is 13.2 Å². The molecule has 0 fully saturated rings. The van der Waals surface area contributed by atoms with E-state index in [4.69, 9.17) is 0 Å². The summed E-state index contributed by atoms with van der Waals surface area (Å²) in [6.07, 6.45) is 0. The van der Waals surface area contributed by atoms with Gasteiger partial charge in [0.2, 0.25) is 0 Å². The zero-order chi connectivity index (χ0) is 9.59. The molecule has 0 N–H and O–H groups in total. The molecule has 2 aromatic heterocycles. The Bertz CT molecular complexity index is 477. The third-order valence-corrected chi connectivity index (χ3v) is 4.41. The van der Waals surface area contributed by atoms with Gasteiger partial charge in [-0.1, -0.05) is 0 Å². The third kappa shape index (κ3) is 1.53. The van der Waals surface area contributed by atoms with Crippen LogP contribution in [0.15, 0.2) is 0 Å². The van der Waals surface area contributed by atoms with Crippen molar-refractivity contribution < 1.29 is 0 Å². The Morgan fingerprint density at radius 1 is 1.15 bits per heavy atom. The molecule has 2 rings (SSSR count). The van der Waals surface area contributed by atoms with Crippen molar-refractivity contribution in [2.24, 2.45) is 0 Å². The van der Waals surface area contributed by atoms with E-state index in [1.807, 2.05) is 18.4 Å². The van der Waals surface area contributed by atoms with E-state index in [9.17, 15) is 0 Å². The molecule has 0 radical (unpaired) electrons. The predicted octanol–water partition coefficient (Wildman–Crippen LogP) is 1.95. The van der Waals surface area contributed by atoms with Gasteiger partial charge in [-0.25, -0.2) is 14.5 Å². The maximum Gasteiger partial charge on any atom is 0.177 e. The summed E-state index contributed by atoms with van der Waals surface area (Å²) in [5.74, 6) is 0.775. The van der Waals surface area contributed by atoms with Gasteiger partial charge in [-0.2, -0.15) is 5.10 Å². The molecule has 68 valence electrons. The van der Waals surface area contributed by atoms with Crippen LogP contribution in [0, 0.1) is 21.2 Å². The fourth-order valence-electron chi connectivity index (χ4n) is 1.15. The third-order valence-electron chi connectivity index (χ3n) is 1.66. The maximum atomic E-state index is 4.37. The number of hydrogen-bond acceptors (Lipinski definition) is 3. The molecule has 0 aliphatic heterocycles. The molecule has 0 aromatic carbocycles. The van der Waals surface area contributed by atoms with Crippen molar-refractivity contribution in [3.63, 3.8) is 0 Å². The Balaban J connectivity index is 2.94. The second kappa shape index (κ2) is 3.30. The highest BCUT2D eigenvalue weighted by Gasteiger charge is 2.10. The summed E-state index contributed by atoms with van der Waals surface area (Å²) in [7, 11) is 0. The summed E-state index contributed by atoms with van der Waals surface area (Å²) in [6.45, 7) is 3.83. The SMILES string of the molecule is Cc1nc(C)c2nc(I)c(I)n2n1. The van der Waals surface area contributed by atoms with E-state index in [0.29, 0.717) is 0 Å². The van der Waals surface area contributed by atoms with E-state index in [1.54, 1.807) is 0 Å². The largest absolute Gasteiger partial charge is 0.233 e. The monoisotopic (exact) mass is 400 g/mol. The van der Waals surface area contributed by atoms with Crippen LogP contribution in [0.3, 0.4) is 0 Å². The molecule has 6 heteroatoms. The molecule has 2 aromatic rings. The lowest BCUT2D eigenvalue weighted by molar-refractivity contribution is 0.822. The highest BCUT2D eigenvalue weighted by Crippen LogP contribution is 2.16. The quantitative estimate of drug-likeness (QED) is 0.636. The number of nitrogens with zero attached hydrogens (tertiary/aromatic N) is 4. The molecule has 0 spiro atoms. The van der Waals surface area contributed by atoms with Gasteiger partial charge >= 0.3 is 0 Å². The van der Waals surface area contributed by atoms with E-state index < -0.39 is 0 Å². The van der Waals surface area contributed by atoms with Crippen molar-refractivity contribution in [2.45, 2.75) is 13.8 Å². The van der Waals surface area contributed by atoms with Gasteiger partial charge in [0.25, 0.3) is 0 Å². The van der Waals surface area contributed by atoms with Crippen LogP contribution in [-0.4, -0.2) is 19.6 Å². The van der Waals surface area contributed by atoms with Crippen molar-refractivity contribution in [2.75, 3.05) is 0 Å². The fraction of sp³-hybridized carbons (Fsp3) is 0.286. The Kier molecular flexibility index (Phi) is 2.43. The molecule has 0 atom stereocenters. The number of fused-ring (bicyclic) bond motifs is 1. The molecule has 0 aliphatic carbocycles. The van der Waals surface area contributed by atoms with E-state index >= 15 is 0 Å². The molecule has 0 saturated heterocycles. The first-order valence-electron chi connectivity index (χ1n) is 3.64. The van der Waals surface area contributed by atoms with Crippen LogP contribution in [-0.2, 0) is 0 Å². The lowest BCUT2D eigenvalue weighted by Gasteiger charge is -1.98. The summed E-state index contributed by atoms with van der Waals surface area (Å²) in [5.41, 5.74) is 1.77. The van der Waals surface area contributed by atoms with Gasteiger partial charge in [-0.3, -0.25) is 0 Å². The van der Waals surface area contributed by atoms with Crippen LogP contribution in [0.5, 0.6) is 0 Å². The van der Waals surface area contributed by atoms with Gasteiger partial charge in [0.05, 0.1) is 5.69 Å². The molecule has 0 aliphatic rings. The molecular formula is C7H6I2N4. The second-order valence-electron chi connectivity index (χ2n) is 2.67. The highest BCUT2D eigenvalue weighted by molar-refractivity contribution is 14.1. The number of imidazole rings is 1. The predicted molar refractivity (Wildman–Crippen MR) is 65.7 cm³/mol. The van der Waals surface area contributed by atoms with Crippen molar-refractivity contribution >= 4 is 50.8 Å². The Morgan fingerprint density at radius 3 is 2.54 bits per heavy atom. The molecule has 0 unspecified atom stereocenters. The van der Waals surface area contributed by atoms with Crippen LogP contribution in [0.1, 0.15) is 11.5 Å². The number of aryl methyl sites for hydroxylation is 2. The van der Waals surface area contributed by atoms with E-state index in [-0.39, 0.29) is 0 Å². The second-order valence-corrected chi connectivity index (χ2v) is 4.72. The zero-order valence-electron chi connectivity index (χ0n) is 7.04. The van der Waals surface area contributed by atoms with Gasteiger partial charge in [0, 0.05) is 0 Å². The van der Waals surface area contributed by atoms with E-state index in [0.717, 1.165) is 24.6 Å². The number of rotatable bonds is 0. The van der Waals surface area contributed by atoms with Crippen molar-refractivity contribution in [1.82, 2.24) is 19.6 Å². The first-order valence-corrected chi connectivity index (χ1v) is 5.80. The Labute approximate surface area is 102 Å². The minimum absolute atomic E-state index is 0.775. The van der Waals surface area contributed by atoms with Crippen LogP contribution in [0.4, 0.5) is 0 Å². The lowest BCUT2D eigenvalue weighted by Crippen LogP contribution is -2.01. The molecule has 4 nitrogen and oxygen atoms in total. The number of hydrogen-bond donors (Lipinski definition) is 0. The van der Waals surface area contributed by atoms with Gasteiger partial charge < -0.3 is 0 Å². The van der Waals surface area contributed by atoms with Crippen molar-refractivity contribution in [3.8, 4) is 0 Å². The minimum Gasteiger partial charge on any atom is -0.233 e. The number of halogens is 2. The maximum absolute atomic E-state index is 4.37. The molecule has 0 saturated carbocycles. The average molecular weight is 400 g/mol. The minimum atomic E-state index is 0.775. The van der Waals surface area contributed by atoms with Crippen molar-refractivity contribution in [1.29, 1.82) is 0 Å². The van der Waals surface area contributed by atoms with Crippen LogP contribution in [0.2, 0.25) is 0 Å². The normalized spacial score (nSPS) is 11.1. The summed E-state index contributed by atoms with van der Waals surface area (Å²) in [6, 6.07) is 0. The average Bonchev–Trinajstić information content (AvgIpc) is 2.32. The summed E-state index contributed by atoms with van der Waals surface area (Å²) >= 11 is 4.43. The molecule has 13 heavy (non-hydrogen) atoms. The first-order chi connectivity index (χ1) is 6.09. The molecule has 2 heterocycles. The molecule has 0 amide bonds. The Morgan fingerprint density at radius 2 is 1.85 bits per heavy atom. The van der Waals surface area contributed by atoms with Gasteiger partial charge in [-0.15, -0.1) is 0 Å². The topological polar surface area (TPSA) is 43.1 Å². The summed E-state index contributed by atoms with van der Waals surface area (Å²) in [5, 5.41) is 4.29. The zero-order valence-corrected chi connectivity index (χ0v) is 11.4.